The van der Waals surface area contributed by atoms with Gasteiger partial charge in [0, 0.05) is 38.8 Å². The lowest BCUT2D eigenvalue weighted by Crippen LogP contribution is -2.03. The Bertz CT molecular complexity index is 482. The molecule has 2 aromatic heterocycles. The minimum absolute atomic E-state index is 0.750. The molecule has 0 spiro atoms. The van der Waals surface area contributed by atoms with Crippen LogP contribution >= 0.6 is 0 Å². The molecule has 0 atom stereocenters. The van der Waals surface area contributed by atoms with Gasteiger partial charge in [-0.3, -0.25) is 4.68 Å². The minimum atomic E-state index is 0.750. The van der Waals surface area contributed by atoms with Crippen molar-refractivity contribution >= 4 is 17.5 Å². The van der Waals surface area contributed by atoms with Crippen LogP contribution in [0.1, 0.15) is 12.7 Å². The van der Waals surface area contributed by atoms with Gasteiger partial charge < -0.3 is 10.6 Å². The van der Waals surface area contributed by atoms with E-state index in [1.54, 1.807) is 4.68 Å². The molecule has 0 aromatic carbocycles. The van der Waals surface area contributed by atoms with Crippen LogP contribution in [-0.2, 0) is 13.5 Å². The monoisotopic (exact) mass is 232 g/mol. The van der Waals surface area contributed by atoms with Crippen LogP contribution in [0.15, 0.2) is 18.3 Å². The maximum absolute atomic E-state index is 4.39. The lowest BCUT2D eigenvalue weighted by Gasteiger charge is -2.07. The standard InChI is InChI=1S/C11H16N6/c1-4-8-13-10(12-2)7-11(14-8)15-9-5-6-17(3)16-9/h5-7H,4H2,1-3H3,(H2,12,13,14,15,16). The third-order valence-corrected chi connectivity index (χ3v) is 2.31. The summed E-state index contributed by atoms with van der Waals surface area (Å²) >= 11 is 0. The molecule has 2 heterocycles. The molecule has 6 heteroatoms. The Balaban J connectivity index is 2.25. The van der Waals surface area contributed by atoms with Gasteiger partial charge in [-0.05, 0) is 0 Å². The van der Waals surface area contributed by atoms with Crippen molar-refractivity contribution in [2.75, 3.05) is 17.7 Å². The molecule has 0 aliphatic heterocycles. The van der Waals surface area contributed by atoms with Crippen molar-refractivity contribution in [1.29, 1.82) is 0 Å². The Morgan fingerprint density at radius 1 is 1.24 bits per heavy atom. The van der Waals surface area contributed by atoms with Gasteiger partial charge in [-0.15, -0.1) is 0 Å². The second kappa shape index (κ2) is 4.82. The summed E-state index contributed by atoms with van der Waals surface area (Å²) in [5.74, 6) is 3.13. The van der Waals surface area contributed by atoms with Gasteiger partial charge in [0.05, 0.1) is 0 Å². The van der Waals surface area contributed by atoms with Crippen molar-refractivity contribution < 1.29 is 0 Å². The minimum Gasteiger partial charge on any atom is -0.373 e. The molecule has 0 aliphatic rings. The van der Waals surface area contributed by atoms with Crippen molar-refractivity contribution in [2.45, 2.75) is 13.3 Å². The number of hydrogen-bond acceptors (Lipinski definition) is 5. The summed E-state index contributed by atoms with van der Waals surface area (Å²) in [6.45, 7) is 2.03. The van der Waals surface area contributed by atoms with Gasteiger partial charge in [0.1, 0.15) is 17.5 Å². The van der Waals surface area contributed by atoms with Crippen molar-refractivity contribution in [3.8, 4) is 0 Å². The zero-order chi connectivity index (χ0) is 12.3. The van der Waals surface area contributed by atoms with Crippen molar-refractivity contribution in [1.82, 2.24) is 19.7 Å². The molecule has 0 aliphatic carbocycles. The number of hydrogen-bond donors (Lipinski definition) is 2. The van der Waals surface area contributed by atoms with E-state index in [1.165, 1.54) is 0 Å². The van der Waals surface area contributed by atoms with Gasteiger partial charge in [-0.1, -0.05) is 6.92 Å². The van der Waals surface area contributed by atoms with E-state index in [4.69, 9.17) is 0 Å². The van der Waals surface area contributed by atoms with Crippen molar-refractivity contribution in [3.05, 3.63) is 24.2 Å². The first kappa shape index (κ1) is 11.4. The maximum atomic E-state index is 4.39. The van der Waals surface area contributed by atoms with Crippen LogP contribution in [0.4, 0.5) is 17.5 Å². The molecule has 0 saturated carbocycles. The highest BCUT2D eigenvalue weighted by Crippen LogP contribution is 2.15. The Morgan fingerprint density at radius 2 is 2.00 bits per heavy atom. The molecule has 0 bridgehead atoms. The molecule has 2 aromatic rings. The molecular weight excluding hydrogens is 216 g/mol. The molecule has 0 amide bonds. The summed E-state index contributed by atoms with van der Waals surface area (Å²) < 4.78 is 1.74. The Morgan fingerprint density at radius 3 is 2.59 bits per heavy atom. The molecule has 0 radical (unpaired) electrons. The highest BCUT2D eigenvalue weighted by atomic mass is 15.3. The fourth-order valence-electron chi connectivity index (χ4n) is 1.46. The number of aromatic nitrogens is 4. The molecule has 0 saturated heterocycles. The van der Waals surface area contributed by atoms with E-state index in [9.17, 15) is 0 Å². The van der Waals surface area contributed by atoms with Crippen molar-refractivity contribution in [2.24, 2.45) is 7.05 Å². The van der Waals surface area contributed by atoms with E-state index >= 15 is 0 Å². The summed E-state index contributed by atoms with van der Waals surface area (Å²) in [5, 5.41) is 10.4. The molecular formula is C11H16N6. The van der Waals surface area contributed by atoms with E-state index in [0.717, 1.165) is 29.7 Å². The van der Waals surface area contributed by atoms with E-state index in [-0.39, 0.29) is 0 Å². The molecule has 90 valence electrons. The summed E-state index contributed by atoms with van der Waals surface area (Å²) in [6.07, 6.45) is 2.68. The third kappa shape index (κ3) is 2.72. The van der Waals surface area contributed by atoms with Crippen LogP contribution in [0, 0.1) is 0 Å². The van der Waals surface area contributed by atoms with Gasteiger partial charge in [0.2, 0.25) is 0 Å². The lowest BCUT2D eigenvalue weighted by molar-refractivity contribution is 0.771. The first-order valence-corrected chi connectivity index (χ1v) is 5.53. The maximum Gasteiger partial charge on any atom is 0.153 e. The predicted molar refractivity (Wildman–Crippen MR) is 67.4 cm³/mol. The Labute approximate surface area is 100 Å². The van der Waals surface area contributed by atoms with E-state index in [1.807, 2.05) is 39.3 Å². The zero-order valence-electron chi connectivity index (χ0n) is 10.2. The summed E-state index contributed by atoms with van der Waals surface area (Å²) in [6, 6.07) is 3.75. The number of rotatable bonds is 4. The second-order valence-corrected chi connectivity index (χ2v) is 3.66. The van der Waals surface area contributed by atoms with Crippen LogP contribution in [0.5, 0.6) is 0 Å². The zero-order valence-corrected chi connectivity index (χ0v) is 10.2. The number of nitrogens with one attached hydrogen (secondary N) is 2. The molecule has 2 N–H and O–H groups in total. The van der Waals surface area contributed by atoms with Crippen LogP contribution in [0.3, 0.4) is 0 Å². The SMILES string of the molecule is CCc1nc(NC)cc(Nc2ccn(C)n2)n1. The average Bonchev–Trinajstić information content (AvgIpc) is 2.74. The van der Waals surface area contributed by atoms with Gasteiger partial charge in [-0.2, -0.15) is 5.10 Å². The molecule has 0 fully saturated rings. The quantitative estimate of drug-likeness (QED) is 0.837. The van der Waals surface area contributed by atoms with E-state index < -0.39 is 0 Å². The largest absolute Gasteiger partial charge is 0.373 e. The molecule has 2 rings (SSSR count). The third-order valence-electron chi connectivity index (χ3n) is 2.31. The fraction of sp³-hybridized carbons (Fsp3) is 0.364. The Kier molecular flexibility index (Phi) is 3.22. The highest BCUT2D eigenvalue weighted by Gasteiger charge is 2.04. The van der Waals surface area contributed by atoms with Crippen LogP contribution in [0.2, 0.25) is 0 Å². The number of anilines is 3. The summed E-state index contributed by atoms with van der Waals surface area (Å²) in [5.41, 5.74) is 0. The fourth-order valence-corrected chi connectivity index (χ4v) is 1.46. The second-order valence-electron chi connectivity index (χ2n) is 3.66. The predicted octanol–water partition coefficient (Wildman–Crippen LogP) is 1.56. The van der Waals surface area contributed by atoms with Crippen LogP contribution in [0.25, 0.3) is 0 Å². The smallest absolute Gasteiger partial charge is 0.153 e. The molecule has 17 heavy (non-hydrogen) atoms. The van der Waals surface area contributed by atoms with Crippen LogP contribution < -0.4 is 10.6 Å². The first-order valence-electron chi connectivity index (χ1n) is 5.53. The van der Waals surface area contributed by atoms with Gasteiger partial charge in [-0.25, -0.2) is 9.97 Å². The van der Waals surface area contributed by atoms with Crippen molar-refractivity contribution in [3.63, 3.8) is 0 Å². The molecule has 0 unspecified atom stereocenters. The van der Waals surface area contributed by atoms with Crippen LogP contribution in [-0.4, -0.2) is 26.8 Å². The van der Waals surface area contributed by atoms with Gasteiger partial charge in [0.25, 0.3) is 0 Å². The first-order chi connectivity index (χ1) is 8.21. The average molecular weight is 232 g/mol. The highest BCUT2D eigenvalue weighted by molar-refractivity contribution is 5.55. The number of nitrogens with zero attached hydrogens (tertiary/aromatic N) is 4. The topological polar surface area (TPSA) is 67.7 Å². The number of aryl methyl sites for hydroxylation is 2. The van der Waals surface area contributed by atoms with E-state index in [0.29, 0.717) is 0 Å². The molecule has 6 nitrogen and oxygen atoms in total. The lowest BCUT2D eigenvalue weighted by atomic mass is 10.4. The summed E-state index contributed by atoms with van der Waals surface area (Å²) in [7, 11) is 3.72. The van der Waals surface area contributed by atoms with Gasteiger partial charge in [0.15, 0.2) is 5.82 Å². The normalized spacial score (nSPS) is 10.3. The summed E-state index contributed by atoms with van der Waals surface area (Å²) in [4.78, 5) is 8.72. The van der Waals surface area contributed by atoms with E-state index in [2.05, 4.69) is 25.7 Å². The van der Waals surface area contributed by atoms with Gasteiger partial charge >= 0.3 is 0 Å². The Hall–Kier alpha value is -2.11.